The van der Waals surface area contributed by atoms with E-state index in [4.69, 9.17) is 23.7 Å². The Morgan fingerprint density at radius 2 is 2.16 bits per heavy atom. The van der Waals surface area contributed by atoms with Crippen LogP contribution in [-0.4, -0.2) is 24.0 Å². The van der Waals surface area contributed by atoms with Crippen molar-refractivity contribution in [3.05, 3.63) is 29.6 Å². The van der Waals surface area contributed by atoms with Crippen molar-refractivity contribution in [1.29, 1.82) is 0 Å². The van der Waals surface area contributed by atoms with Crippen LogP contribution in [-0.2, 0) is 4.79 Å². The number of halogens is 1. The number of benzene rings is 1. The Morgan fingerprint density at radius 3 is 2.74 bits per heavy atom. The highest BCUT2D eigenvalue weighted by atomic mass is 32.1. The van der Waals surface area contributed by atoms with Crippen molar-refractivity contribution in [1.82, 2.24) is 0 Å². The third kappa shape index (κ3) is 3.01. The molecular formula is C13H16FN3OS. The zero-order chi connectivity index (χ0) is 14.0. The normalized spacial score (nSPS) is 19.2. The number of hydrogen-bond acceptors (Lipinski definition) is 3. The molecule has 1 aliphatic rings. The SMILES string of the molecule is NC(=O)C1CCCN(c2ccc(C(N)=S)c(F)c2)C1. The maximum absolute atomic E-state index is 13.8. The molecular weight excluding hydrogens is 265 g/mol. The van der Waals surface area contributed by atoms with Gasteiger partial charge in [-0.25, -0.2) is 4.39 Å². The molecule has 0 radical (unpaired) electrons. The monoisotopic (exact) mass is 281 g/mol. The summed E-state index contributed by atoms with van der Waals surface area (Å²) in [4.78, 5) is 13.2. The van der Waals surface area contributed by atoms with Gasteiger partial charge in [0.2, 0.25) is 5.91 Å². The number of piperidine rings is 1. The Kier molecular flexibility index (Phi) is 3.99. The second-order valence-corrected chi connectivity index (χ2v) is 5.16. The number of anilines is 1. The van der Waals surface area contributed by atoms with Crippen molar-refractivity contribution in [3.63, 3.8) is 0 Å². The lowest BCUT2D eigenvalue weighted by atomic mass is 9.97. The number of hydrogen-bond donors (Lipinski definition) is 2. The van der Waals surface area contributed by atoms with Crippen LogP contribution in [0.25, 0.3) is 0 Å². The van der Waals surface area contributed by atoms with E-state index in [0.717, 1.165) is 25.1 Å². The number of nitrogens with zero attached hydrogens (tertiary/aromatic N) is 1. The molecule has 2 rings (SSSR count). The van der Waals surface area contributed by atoms with Gasteiger partial charge >= 0.3 is 0 Å². The van der Waals surface area contributed by atoms with Gasteiger partial charge in [0.05, 0.1) is 5.92 Å². The fourth-order valence-electron chi connectivity index (χ4n) is 2.34. The van der Waals surface area contributed by atoms with Crippen molar-refractivity contribution in [3.8, 4) is 0 Å². The number of carbonyl (C=O) groups excluding carboxylic acids is 1. The number of primary amides is 1. The van der Waals surface area contributed by atoms with Crippen LogP contribution in [0.2, 0.25) is 0 Å². The molecule has 102 valence electrons. The Balaban J connectivity index is 2.20. The van der Waals surface area contributed by atoms with E-state index < -0.39 is 5.82 Å². The molecule has 1 amide bonds. The van der Waals surface area contributed by atoms with Crippen LogP contribution in [0, 0.1) is 11.7 Å². The molecule has 1 heterocycles. The number of amides is 1. The van der Waals surface area contributed by atoms with Crippen molar-refractivity contribution < 1.29 is 9.18 Å². The fourth-order valence-corrected chi connectivity index (χ4v) is 2.51. The Bertz CT molecular complexity index is 521. The zero-order valence-corrected chi connectivity index (χ0v) is 11.3. The van der Waals surface area contributed by atoms with E-state index in [0.29, 0.717) is 6.54 Å². The quantitative estimate of drug-likeness (QED) is 0.816. The maximum atomic E-state index is 13.8. The lowest BCUT2D eigenvalue weighted by Crippen LogP contribution is -2.41. The van der Waals surface area contributed by atoms with Crippen molar-refractivity contribution >= 4 is 28.8 Å². The lowest BCUT2D eigenvalue weighted by Gasteiger charge is -2.33. The van der Waals surface area contributed by atoms with Crippen LogP contribution in [0.5, 0.6) is 0 Å². The third-order valence-electron chi connectivity index (χ3n) is 3.41. The first-order valence-corrected chi connectivity index (χ1v) is 6.53. The molecule has 6 heteroatoms. The summed E-state index contributed by atoms with van der Waals surface area (Å²) in [6.45, 7) is 1.32. The van der Waals surface area contributed by atoms with E-state index in [-0.39, 0.29) is 22.4 Å². The average molecular weight is 281 g/mol. The summed E-state index contributed by atoms with van der Waals surface area (Å²) in [5, 5.41) is 0. The van der Waals surface area contributed by atoms with Gasteiger partial charge in [-0.3, -0.25) is 4.79 Å². The standard InChI is InChI=1S/C13H16FN3OS/c14-11-6-9(3-4-10(11)13(16)19)17-5-1-2-8(7-17)12(15)18/h3-4,6,8H,1-2,5,7H2,(H2,15,18)(H2,16,19). The predicted octanol–water partition coefficient (Wildman–Crippen LogP) is 1.16. The lowest BCUT2D eigenvalue weighted by molar-refractivity contribution is -0.122. The van der Waals surface area contributed by atoms with E-state index in [9.17, 15) is 9.18 Å². The minimum absolute atomic E-state index is 0.0395. The van der Waals surface area contributed by atoms with E-state index in [1.165, 1.54) is 6.07 Å². The van der Waals surface area contributed by atoms with Crippen LogP contribution in [0.4, 0.5) is 10.1 Å². The van der Waals surface area contributed by atoms with Gasteiger partial charge in [0.25, 0.3) is 0 Å². The highest BCUT2D eigenvalue weighted by Gasteiger charge is 2.24. The van der Waals surface area contributed by atoms with E-state index in [1.54, 1.807) is 12.1 Å². The van der Waals surface area contributed by atoms with Crippen LogP contribution in [0.1, 0.15) is 18.4 Å². The molecule has 0 saturated carbocycles. The second kappa shape index (κ2) is 5.52. The average Bonchev–Trinajstić information content (AvgIpc) is 2.38. The zero-order valence-electron chi connectivity index (χ0n) is 10.4. The Hall–Kier alpha value is -1.69. The van der Waals surface area contributed by atoms with Gasteiger partial charge in [-0.1, -0.05) is 12.2 Å². The Morgan fingerprint density at radius 1 is 1.42 bits per heavy atom. The van der Waals surface area contributed by atoms with Crippen LogP contribution in [0.15, 0.2) is 18.2 Å². The van der Waals surface area contributed by atoms with Gasteiger partial charge in [-0.2, -0.15) is 0 Å². The summed E-state index contributed by atoms with van der Waals surface area (Å²) in [7, 11) is 0. The molecule has 19 heavy (non-hydrogen) atoms. The summed E-state index contributed by atoms with van der Waals surface area (Å²) in [5.74, 6) is -0.914. The van der Waals surface area contributed by atoms with E-state index in [1.807, 2.05) is 4.90 Å². The number of nitrogens with two attached hydrogens (primary N) is 2. The first-order valence-electron chi connectivity index (χ1n) is 6.12. The molecule has 1 aliphatic heterocycles. The van der Waals surface area contributed by atoms with Crippen LogP contribution < -0.4 is 16.4 Å². The van der Waals surface area contributed by atoms with Crippen molar-refractivity contribution in [2.45, 2.75) is 12.8 Å². The molecule has 0 aromatic heterocycles. The van der Waals surface area contributed by atoms with E-state index >= 15 is 0 Å². The topological polar surface area (TPSA) is 72.4 Å². The number of rotatable bonds is 3. The number of carbonyl (C=O) groups is 1. The highest BCUT2D eigenvalue weighted by molar-refractivity contribution is 7.80. The molecule has 4 N–H and O–H groups in total. The first-order chi connectivity index (χ1) is 8.99. The van der Waals surface area contributed by atoms with Crippen molar-refractivity contribution in [2.24, 2.45) is 17.4 Å². The largest absolute Gasteiger partial charge is 0.389 e. The summed E-state index contributed by atoms with van der Waals surface area (Å²) in [6, 6.07) is 4.74. The molecule has 1 aromatic rings. The van der Waals surface area contributed by atoms with Gasteiger partial charge in [0.1, 0.15) is 10.8 Å². The summed E-state index contributed by atoms with van der Waals surface area (Å²) >= 11 is 4.77. The minimum Gasteiger partial charge on any atom is -0.389 e. The van der Waals surface area contributed by atoms with Gasteiger partial charge in [-0.15, -0.1) is 0 Å². The van der Waals surface area contributed by atoms with Crippen LogP contribution in [0.3, 0.4) is 0 Å². The Labute approximate surface area is 116 Å². The van der Waals surface area contributed by atoms with Crippen LogP contribution >= 0.6 is 12.2 Å². The summed E-state index contributed by atoms with van der Waals surface area (Å²) in [5.41, 5.74) is 11.7. The van der Waals surface area contributed by atoms with E-state index in [2.05, 4.69) is 0 Å². The van der Waals surface area contributed by atoms with Gasteiger partial charge in [0, 0.05) is 24.3 Å². The highest BCUT2D eigenvalue weighted by Crippen LogP contribution is 2.24. The van der Waals surface area contributed by atoms with Gasteiger partial charge in [0.15, 0.2) is 0 Å². The molecule has 0 aliphatic carbocycles. The molecule has 1 aromatic carbocycles. The summed E-state index contributed by atoms with van der Waals surface area (Å²) < 4.78 is 13.8. The van der Waals surface area contributed by atoms with Crippen molar-refractivity contribution in [2.75, 3.05) is 18.0 Å². The van der Waals surface area contributed by atoms with Gasteiger partial charge < -0.3 is 16.4 Å². The van der Waals surface area contributed by atoms with Gasteiger partial charge in [-0.05, 0) is 31.0 Å². The predicted molar refractivity (Wildman–Crippen MR) is 76.4 cm³/mol. The molecule has 1 unspecified atom stereocenters. The molecule has 1 fully saturated rings. The first kappa shape index (κ1) is 13.7. The third-order valence-corrected chi connectivity index (χ3v) is 3.63. The molecule has 1 saturated heterocycles. The molecule has 4 nitrogen and oxygen atoms in total. The smallest absolute Gasteiger partial charge is 0.222 e. The minimum atomic E-state index is -0.439. The maximum Gasteiger partial charge on any atom is 0.222 e. The fraction of sp³-hybridized carbons (Fsp3) is 0.385. The molecule has 0 bridgehead atoms. The second-order valence-electron chi connectivity index (χ2n) is 4.72. The molecule has 1 atom stereocenters. The molecule has 0 spiro atoms. The number of thiocarbonyl (C=S) groups is 1. The summed E-state index contributed by atoms with van der Waals surface area (Å²) in [6.07, 6.45) is 1.66.